The third kappa shape index (κ3) is 3.32. The van der Waals surface area contributed by atoms with Crippen LogP contribution in [0.5, 0.6) is 0 Å². The Morgan fingerprint density at radius 2 is 2.18 bits per heavy atom. The summed E-state index contributed by atoms with van der Waals surface area (Å²) in [7, 11) is 0. The van der Waals surface area contributed by atoms with Gasteiger partial charge in [0.25, 0.3) is 0 Å². The van der Waals surface area contributed by atoms with Crippen LogP contribution in [0.15, 0.2) is 12.1 Å². The molecule has 94 valence electrons. The molecule has 1 aromatic rings. The molecule has 0 aromatic heterocycles. The first-order valence-corrected chi connectivity index (χ1v) is 6.18. The molecule has 0 amide bonds. The highest BCUT2D eigenvalue weighted by molar-refractivity contribution is 6.35. The van der Waals surface area contributed by atoms with Crippen molar-refractivity contribution in [2.24, 2.45) is 5.92 Å². The highest BCUT2D eigenvalue weighted by Gasteiger charge is 2.22. The van der Waals surface area contributed by atoms with E-state index < -0.39 is 5.82 Å². The van der Waals surface area contributed by atoms with E-state index in [2.05, 4.69) is 6.92 Å². The summed E-state index contributed by atoms with van der Waals surface area (Å²) in [6, 6.07) is 2.68. The fraction of sp³-hybridized carbons (Fsp3) is 0.500. The summed E-state index contributed by atoms with van der Waals surface area (Å²) in [4.78, 5) is 0. The Morgan fingerprint density at radius 3 is 2.82 bits per heavy atom. The number of ether oxygens (including phenoxy) is 2. The number of hydrogen-bond donors (Lipinski definition) is 0. The van der Waals surface area contributed by atoms with Crippen LogP contribution in [-0.4, -0.2) is 12.9 Å². The molecule has 2 rings (SSSR count). The minimum absolute atomic E-state index is 0.0180. The summed E-state index contributed by atoms with van der Waals surface area (Å²) in [5.41, 5.74) is 0.580. The summed E-state index contributed by atoms with van der Waals surface area (Å²) in [6.07, 6.45) is 0.632. The average molecular weight is 279 g/mol. The number of halogens is 3. The van der Waals surface area contributed by atoms with Crippen molar-refractivity contribution in [3.8, 4) is 0 Å². The van der Waals surface area contributed by atoms with Gasteiger partial charge in [-0.05, 0) is 23.6 Å². The van der Waals surface area contributed by atoms with Crippen LogP contribution in [0.2, 0.25) is 10.0 Å². The fourth-order valence-corrected chi connectivity index (χ4v) is 2.15. The van der Waals surface area contributed by atoms with E-state index in [1.807, 2.05) is 0 Å². The maximum absolute atomic E-state index is 13.2. The standard InChI is InChI=1S/C12H13Cl2FO2/c1-7-2-12(16-5-7)17-6-8-3-11(15)10(14)4-9(8)13/h3-4,7,12H,2,5-6H2,1H3/t7-,12?/m1/s1. The highest BCUT2D eigenvalue weighted by atomic mass is 35.5. The quantitative estimate of drug-likeness (QED) is 0.778. The molecule has 0 N–H and O–H groups in total. The lowest BCUT2D eigenvalue weighted by molar-refractivity contribution is -0.118. The third-order valence-electron chi connectivity index (χ3n) is 2.68. The van der Waals surface area contributed by atoms with Crippen LogP contribution in [0, 0.1) is 11.7 Å². The second-order valence-corrected chi connectivity index (χ2v) is 5.09. The first-order valence-electron chi connectivity index (χ1n) is 5.43. The molecule has 17 heavy (non-hydrogen) atoms. The Balaban J connectivity index is 1.97. The zero-order valence-electron chi connectivity index (χ0n) is 9.38. The summed E-state index contributed by atoms with van der Waals surface area (Å²) < 4.78 is 24.2. The second-order valence-electron chi connectivity index (χ2n) is 4.27. The molecule has 0 saturated carbocycles. The smallest absolute Gasteiger partial charge is 0.158 e. The van der Waals surface area contributed by atoms with E-state index in [4.69, 9.17) is 32.7 Å². The van der Waals surface area contributed by atoms with Crippen molar-refractivity contribution in [3.63, 3.8) is 0 Å². The normalized spacial score (nSPS) is 24.2. The maximum Gasteiger partial charge on any atom is 0.158 e. The lowest BCUT2D eigenvalue weighted by Crippen LogP contribution is -2.10. The van der Waals surface area contributed by atoms with Crippen LogP contribution < -0.4 is 0 Å². The Bertz CT molecular complexity index is 412. The van der Waals surface area contributed by atoms with Gasteiger partial charge in [0.05, 0.1) is 18.2 Å². The Labute approximate surface area is 110 Å². The molecule has 0 bridgehead atoms. The molecular formula is C12H13Cl2FO2. The molecule has 2 atom stereocenters. The van der Waals surface area contributed by atoms with Gasteiger partial charge in [-0.3, -0.25) is 0 Å². The van der Waals surface area contributed by atoms with Crippen LogP contribution in [0.3, 0.4) is 0 Å². The first kappa shape index (κ1) is 13.1. The van der Waals surface area contributed by atoms with Crippen LogP contribution in [0.25, 0.3) is 0 Å². The van der Waals surface area contributed by atoms with Gasteiger partial charge in [-0.1, -0.05) is 30.1 Å². The van der Waals surface area contributed by atoms with E-state index in [-0.39, 0.29) is 17.9 Å². The SMILES string of the molecule is C[C@H]1COC(OCc2cc(F)c(Cl)cc2Cl)C1. The highest BCUT2D eigenvalue weighted by Crippen LogP contribution is 2.26. The number of hydrogen-bond acceptors (Lipinski definition) is 2. The minimum atomic E-state index is -0.490. The van der Waals surface area contributed by atoms with Crippen molar-refractivity contribution >= 4 is 23.2 Å². The lowest BCUT2D eigenvalue weighted by atomic mass is 10.1. The molecule has 1 unspecified atom stereocenters. The Kier molecular flexibility index (Phi) is 4.26. The van der Waals surface area contributed by atoms with E-state index in [0.29, 0.717) is 23.1 Å². The first-order chi connectivity index (χ1) is 8.06. The molecule has 0 spiro atoms. The summed E-state index contributed by atoms with van der Waals surface area (Å²) >= 11 is 11.6. The minimum Gasteiger partial charge on any atom is -0.352 e. The van der Waals surface area contributed by atoms with E-state index >= 15 is 0 Å². The molecule has 1 saturated heterocycles. The van der Waals surface area contributed by atoms with E-state index in [0.717, 1.165) is 6.42 Å². The van der Waals surface area contributed by atoms with Crippen molar-refractivity contribution in [1.82, 2.24) is 0 Å². The summed E-state index contributed by atoms with van der Waals surface area (Å²) in [5, 5.41) is 0.423. The van der Waals surface area contributed by atoms with Crippen molar-refractivity contribution in [1.29, 1.82) is 0 Å². The molecule has 1 aliphatic rings. The van der Waals surface area contributed by atoms with Crippen molar-refractivity contribution in [2.45, 2.75) is 26.2 Å². The topological polar surface area (TPSA) is 18.5 Å². The largest absolute Gasteiger partial charge is 0.352 e. The molecule has 1 aliphatic heterocycles. The molecule has 1 fully saturated rings. The van der Waals surface area contributed by atoms with Gasteiger partial charge in [0, 0.05) is 11.4 Å². The van der Waals surface area contributed by atoms with Crippen LogP contribution in [0.1, 0.15) is 18.9 Å². The van der Waals surface area contributed by atoms with E-state index in [1.165, 1.54) is 12.1 Å². The third-order valence-corrected chi connectivity index (χ3v) is 3.32. The van der Waals surface area contributed by atoms with Gasteiger partial charge in [0.1, 0.15) is 5.82 Å². The van der Waals surface area contributed by atoms with Crippen molar-refractivity contribution in [3.05, 3.63) is 33.6 Å². The monoisotopic (exact) mass is 278 g/mol. The number of benzene rings is 1. The molecule has 2 nitrogen and oxygen atoms in total. The Hall–Kier alpha value is -0.350. The van der Waals surface area contributed by atoms with Gasteiger partial charge >= 0.3 is 0 Å². The molecule has 0 aliphatic carbocycles. The van der Waals surface area contributed by atoms with E-state index in [9.17, 15) is 4.39 Å². The number of rotatable bonds is 3. The lowest BCUT2D eigenvalue weighted by Gasteiger charge is -2.12. The van der Waals surface area contributed by atoms with E-state index in [1.54, 1.807) is 0 Å². The molecule has 0 radical (unpaired) electrons. The summed E-state index contributed by atoms with van der Waals surface area (Å²) in [5.74, 6) is 0.00722. The predicted molar refractivity (Wildman–Crippen MR) is 64.7 cm³/mol. The zero-order chi connectivity index (χ0) is 12.4. The molecular weight excluding hydrogens is 266 g/mol. The maximum atomic E-state index is 13.2. The van der Waals surface area contributed by atoms with Gasteiger partial charge < -0.3 is 9.47 Å². The fourth-order valence-electron chi connectivity index (χ4n) is 1.71. The zero-order valence-corrected chi connectivity index (χ0v) is 10.9. The average Bonchev–Trinajstić information content (AvgIpc) is 2.68. The van der Waals surface area contributed by atoms with Crippen LogP contribution in [-0.2, 0) is 16.1 Å². The summed E-state index contributed by atoms with van der Waals surface area (Å²) in [6.45, 7) is 3.02. The van der Waals surface area contributed by atoms with Crippen LogP contribution >= 0.6 is 23.2 Å². The Morgan fingerprint density at radius 1 is 1.41 bits per heavy atom. The molecule has 1 heterocycles. The predicted octanol–water partition coefficient (Wildman–Crippen LogP) is 4.03. The van der Waals surface area contributed by atoms with Gasteiger partial charge in [-0.2, -0.15) is 0 Å². The van der Waals surface area contributed by atoms with Gasteiger partial charge in [-0.25, -0.2) is 4.39 Å². The molecule has 5 heteroatoms. The van der Waals surface area contributed by atoms with Gasteiger partial charge in [0.2, 0.25) is 0 Å². The van der Waals surface area contributed by atoms with Crippen LogP contribution in [0.4, 0.5) is 4.39 Å². The van der Waals surface area contributed by atoms with Crippen molar-refractivity contribution < 1.29 is 13.9 Å². The van der Waals surface area contributed by atoms with Gasteiger partial charge in [-0.15, -0.1) is 0 Å². The molecule has 1 aromatic carbocycles. The van der Waals surface area contributed by atoms with Crippen molar-refractivity contribution in [2.75, 3.05) is 6.61 Å². The second kappa shape index (κ2) is 5.53. The van der Waals surface area contributed by atoms with Gasteiger partial charge in [0.15, 0.2) is 6.29 Å².